The van der Waals surface area contributed by atoms with Crippen molar-refractivity contribution >= 4 is 17.5 Å². The zero-order chi connectivity index (χ0) is 21.3. The van der Waals surface area contributed by atoms with E-state index in [1.54, 1.807) is 47.9 Å². The average molecular weight is 424 g/mol. The summed E-state index contributed by atoms with van der Waals surface area (Å²) in [5.41, 5.74) is 1.96. The summed E-state index contributed by atoms with van der Waals surface area (Å²) in [4.78, 5) is 27.7. The maximum absolute atomic E-state index is 13.3. The summed E-state index contributed by atoms with van der Waals surface area (Å²) < 4.78 is 6.82. The molecule has 2 aromatic carbocycles. The number of benzene rings is 2. The van der Waals surface area contributed by atoms with Crippen molar-refractivity contribution in [3.05, 3.63) is 86.8 Å². The topological polar surface area (TPSA) is 64.4 Å². The first kappa shape index (κ1) is 20.2. The van der Waals surface area contributed by atoms with Crippen LogP contribution in [-0.2, 0) is 0 Å². The molecule has 4 rings (SSSR count). The lowest BCUT2D eigenvalue weighted by atomic mass is 10.0. The van der Waals surface area contributed by atoms with E-state index in [9.17, 15) is 9.59 Å². The fourth-order valence-electron chi connectivity index (χ4n) is 3.86. The molecule has 7 heteroatoms. The number of likely N-dealkylation sites (tertiary alicyclic amines) is 1. The van der Waals surface area contributed by atoms with Gasteiger partial charge in [-0.2, -0.15) is 5.10 Å². The predicted octanol–water partition coefficient (Wildman–Crippen LogP) is 4.18. The van der Waals surface area contributed by atoms with Gasteiger partial charge >= 0.3 is 0 Å². The van der Waals surface area contributed by atoms with Crippen LogP contribution in [0.25, 0.3) is 5.69 Å². The molecule has 0 spiro atoms. The molecule has 1 fully saturated rings. The minimum absolute atomic E-state index is 0.0732. The maximum atomic E-state index is 13.3. The maximum Gasteiger partial charge on any atom is 0.278 e. The second-order valence-corrected chi connectivity index (χ2v) is 7.75. The van der Waals surface area contributed by atoms with Gasteiger partial charge in [-0.25, -0.2) is 4.68 Å². The van der Waals surface area contributed by atoms with Crippen molar-refractivity contribution < 1.29 is 9.53 Å². The van der Waals surface area contributed by atoms with Crippen molar-refractivity contribution in [2.24, 2.45) is 0 Å². The Morgan fingerprint density at radius 1 is 1.13 bits per heavy atom. The van der Waals surface area contributed by atoms with E-state index in [1.807, 2.05) is 24.3 Å². The molecule has 0 bridgehead atoms. The molecule has 2 heterocycles. The summed E-state index contributed by atoms with van der Waals surface area (Å²) >= 11 is 5.98. The summed E-state index contributed by atoms with van der Waals surface area (Å²) in [5.74, 6) is 0.418. The highest BCUT2D eigenvalue weighted by Gasteiger charge is 2.32. The zero-order valence-electron chi connectivity index (χ0n) is 16.8. The van der Waals surface area contributed by atoms with Crippen molar-refractivity contribution in [1.29, 1.82) is 0 Å². The van der Waals surface area contributed by atoms with E-state index in [1.165, 1.54) is 6.07 Å². The van der Waals surface area contributed by atoms with Crippen LogP contribution in [-0.4, -0.2) is 34.2 Å². The third-order valence-corrected chi connectivity index (χ3v) is 5.65. The van der Waals surface area contributed by atoms with E-state index in [0.717, 1.165) is 29.8 Å². The number of halogens is 1. The molecule has 154 valence electrons. The van der Waals surface area contributed by atoms with Crippen LogP contribution in [0, 0.1) is 6.92 Å². The normalized spacial score (nSPS) is 16.0. The Morgan fingerprint density at radius 3 is 2.50 bits per heavy atom. The van der Waals surface area contributed by atoms with Gasteiger partial charge in [0, 0.05) is 23.3 Å². The van der Waals surface area contributed by atoms with Crippen LogP contribution in [0.5, 0.6) is 5.75 Å². The van der Waals surface area contributed by atoms with E-state index in [-0.39, 0.29) is 23.1 Å². The lowest BCUT2D eigenvalue weighted by Crippen LogP contribution is -2.36. The molecule has 30 heavy (non-hydrogen) atoms. The Balaban J connectivity index is 1.68. The Kier molecular flexibility index (Phi) is 5.59. The minimum atomic E-state index is -0.372. The fourth-order valence-corrected chi connectivity index (χ4v) is 3.98. The van der Waals surface area contributed by atoms with E-state index in [0.29, 0.717) is 17.3 Å². The molecule has 1 aliphatic heterocycles. The van der Waals surface area contributed by atoms with E-state index in [2.05, 4.69) is 5.10 Å². The number of carbonyl (C=O) groups is 1. The molecule has 1 amide bonds. The zero-order valence-corrected chi connectivity index (χ0v) is 17.6. The minimum Gasteiger partial charge on any atom is -0.497 e. The van der Waals surface area contributed by atoms with Crippen LogP contribution in [0.3, 0.4) is 0 Å². The molecule has 0 unspecified atom stereocenters. The van der Waals surface area contributed by atoms with Crippen LogP contribution in [0.15, 0.2) is 59.4 Å². The third kappa shape index (κ3) is 3.83. The first-order chi connectivity index (χ1) is 14.5. The molecule has 1 aliphatic rings. The Morgan fingerprint density at radius 2 is 1.83 bits per heavy atom. The molecule has 0 N–H and O–H groups in total. The largest absolute Gasteiger partial charge is 0.497 e. The van der Waals surface area contributed by atoms with E-state index in [4.69, 9.17) is 16.3 Å². The number of aryl methyl sites for hydroxylation is 1. The number of methoxy groups -OCH3 is 1. The van der Waals surface area contributed by atoms with Gasteiger partial charge in [0.1, 0.15) is 5.75 Å². The summed E-state index contributed by atoms with van der Waals surface area (Å²) in [5, 5.41) is 5.03. The number of hydrogen-bond acceptors (Lipinski definition) is 4. The molecule has 0 saturated carbocycles. The second-order valence-electron chi connectivity index (χ2n) is 7.32. The standard InChI is InChI=1S/C23H22ClN3O3/c1-15-14-21(28)22(25-27(15)18-9-7-17(24)8-10-18)23(29)26-13-3-4-20(26)16-5-11-19(30-2)12-6-16/h5-12,14,20H,3-4,13H2,1-2H3/t20-/m0/s1. The number of aromatic nitrogens is 2. The fraction of sp³-hybridized carbons (Fsp3) is 0.261. The number of hydrogen-bond donors (Lipinski definition) is 0. The summed E-state index contributed by atoms with van der Waals surface area (Å²) in [7, 11) is 1.62. The lowest BCUT2D eigenvalue weighted by molar-refractivity contribution is 0.0726. The van der Waals surface area contributed by atoms with Gasteiger partial charge in [-0.15, -0.1) is 0 Å². The van der Waals surface area contributed by atoms with Gasteiger partial charge in [0.25, 0.3) is 5.91 Å². The van der Waals surface area contributed by atoms with Crippen LogP contribution in [0.2, 0.25) is 5.02 Å². The van der Waals surface area contributed by atoms with Gasteiger partial charge in [0.2, 0.25) is 5.43 Å². The van der Waals surface area contributed by atoms with Crippen LogP contribution < -0.4 is 10.2 Å². The molecule has 1 saturated heterocycles. The van der Waals surface area contributed by atoms with Crippen molar-refractivity contribution in [1.82, 2.24) is 14.7 Å². The molecule has 3 aromatic rings. The van der Waals surface area contributed by atoms with Gasteiger partial charge in [0.05, 0.1) is 18.8 Å². The van der Waals surface area contributed by atoms with Gasteiger partial charge in [-0.3, -0.25) is 9.59 Å². The molecule has 0 aliphatic carbocycles. The smallest absolute Gasteiger partial charge is 0.278 e. The number of nitrogens with zero attached hydrogens (tertiary/aromatic N) is 3. The first-order valence-electron chi connectivity index (χ1n) is 9.80. The molecule has 6 nitrogen and oxygen atoms in total. The van der Waals surface area contributed by atoms with Crippen molar-refractivity contribution in [3.8, 4) is 11.4 Å². The third-order valence-electron chi connectivity index (χ3n) is 5.40. The highest BCUT2D eigenvalue weighted by atomic mass is 35.5. The summed E-state index contributed by atoms with van der Waals surface area (Å²) in [6.45, 7) is 2.37. The van der Waals surface area contributed by atoms with E-state index < -0.39 is 0 Å². The molecule has 1 aromatic heterocycles. The van der Waals surface area contributed by atoms with Gasteiger partial charge in [-0.1, -0.05) is 23.7 Å². The Labute approximate surface area is 179 Å². The van der Waals surface area contributed by atoms with Crippen molar-refractivity contribution in [3.63, 3.8) is 0 Å². The van der Waals surface area contributed by atoms with Crippen molar-refractivity contribution in [2.45, 2.75) is 25.8 Å². The Hall–Kier alpha value is -3.12. The monoisotopic (exact) mass is 423 g/mol. The molecular formula is C23H22ClN3O3. The van der Waals surface area contributed by atoms with Gasteiger partial charge < -0.3 is 9.64 Å². The van der Waals surface area contributed by atoms with Crippen LogP contribution in [0.4, 0.5) is 0 Å². The Bertz CT molecular complexity index is 1120. The number of carbonyl (C=O) groups excluding carboxylic acids is 1. The molecule has 1 atom stereocenters. The number of ether oxygens (including phenoxy) is 1. The van der Waals surface area contributed by atoms with Crippen LogP contribution in [0.1, 0.15) is 40.6 Å². The van der Waals surface area contributed by atoms with Crippen molar-refractivity contribution in [2.75, 3.05) is 13.7 Å². The average Bonchev–Trinajstić information content (AvgIpc) is 3.24. The second kappa shape index (κ2) is 8.32. The summed E-state index contributed by atoms with van der Waals surface area (Å²) in [6.07, 6.45) is 1.72. The molecular weight excluding hydrogens is 402 g/mol. The lowest BCUT2D eigenvalue weighted by Gasteiger charge is -2.25. The highest BCUT2D eigenvalue weighted by Crippen LogP contribution is 2.33. The van der Waals surface area contributed by atoms with Gasteiger partial charge in [0.15, 0.2) is 5.69 Å². The molecule has 0 radical (unpaired) electrons. The van der Waals surface area contributed by atoms with E-state index >= 15 is 0 Å². The van der Waals surface area contributed by atoms with Crippen LogP contribution >= 0.6 is 11.6 Å². The highest BCUT2D eigenvalue weighted by molar-refractivity contribution is 6.30. The SMILES string of the molecule is COc1ccc([C@@H]2CCCN2C(=O)c2nn(-c3ccc(Cl)cc3)c(C)cc2=O)cc1. The first-order valence-corrected chi connectivity index (χ1v) is 10.2. The predicted molar refractivity (Wildman–Crippen MR) is 116 cm³/mol. The number of amides is 1. The van der Waals surface area contributed by atoms with Gasteiger partial charge in [-0.05, 0) is 61.7 Å². The summed E-state index contributed by atoms with van der Waals surface area (Å²) in [6, 6.07) is 16.2. The quantitative estimate of drug-likeness (QED) is 0.631. The number of rotatable bonds is 4.